The second kappa shape index (κ2) is 8.67. The maximum atomic E-state index is 12.2. The quantitative estimate of drug-likeness (QED) is 0.630. The first-order valence-electron chi connectivity index (χ1n) is 8.50. The van der Waals surface area contributed by atoms with Crippen LogP contribution in [-0.4, -0.2) is 28.4 Å². The van der Waals surface area contributed by atoms with E-state index in [4.69, 9.17) is 0 Å². The van der Waals surface area contributed by atoms with Gasteiger partial charge in [-0.2, -0.15) is 16.9 Å². The first-order valence-corrected chi connectivity index (χ1v) is 9.65. The molecule has 0 spiro atoms. The molecule has 134 valence electrons. The molecule has 0 aliphatic carbocycles. The molecule has 1 heterocycles. The third-order valence-corrected chi connectivity index (χ3v) is 5.09. The lowest BCUT2D eigenvalue weighted by Gasteiger charge is -2.07. The molecule has 2 aromatic carbocycles. The molecule has 0 saturated heterocycles. The minimum absolute atomic E-state index is 0.0920. The Morgan fingerprint density at radius 2 is 1.85 bits per heavy atom. The summed E-state index contributed by atoms with van der Waals surface area (Å²) < 4.78 is 0. The third-order valence-electron chi connectivity index (χ3n) is 4.06. The maximum absolute atomic E-state index is 12.2. The molecule has 1 aromatic heterocycles. The van der Waals surface area contributed by atoms with Crippen LogP contribution in [0.1, 0.15) is 16.8 Å². The molecule has 0 saturated carbocycles. The first-order chi connectivity index (χ1) is 12.6. The standard InChI is InChI=1S/C20H21N3O2S/c1-14-6-8-15(9-7-14)13-26-11-10-21-19(24)12-18-16-4-2-3-5-17(16)20(25)23-22-18/h2-9H,10-13H2,1H3,(H,21,24)(H,23,25). The lowest BCUT2D eigenvalue weighted by atomic mass is 10.1. The predicted octanol–water partition coefficient (Wildman–Crippen LogP) is 2.82. The van der Waals surface area contributed by atoms with Crippen molar-refractivity contribution in [3.8, 4) is 0 Å². The fourth-order valence-electron chi connectivity index (χ4n) is 2.66. The van der Waals surface area contributed by atoms with Crippen LogP contribution in [-0.2, 0) is 17.0 Å². The third kappa shape index (κ3) is 4.73. The largest absolute Gasteiger partial charge is 0.355 e. The zero-order valence-electron chi connectivity index (χ0n) is 14.6. The van der Waals surface area contributed by atoms with Crippen molar-refractivity contribution in [2.45, 2.75) is 19.1 Å². The maximum Gasteiger partial charge on any atom is 0.272 e. The van der Waals surface area contributed by atoms with E-state index in [1.807, 2.05) is 12.1 Å². The van der Waals surface area contributed by atoms with Crippen molar-refractivity contribution in [1.29, 1.82) is 0 Å². The number of nitrogens with zero attached hydrogens (tertiary/aromatic N) is 1. The van der Waals surface area contributed by atoms with Gasteiger partial charge >= 0.3 is 0 Å². The number of amides is 1. The Morgan fingerprint density at radius 1 is 1.12 bits per heavy atom. The summed E-state index contributed by atoms with van der Waals surface area (Å²) in [6, 6.07) is 15.7. The van der Waals surface area contributed by atoms with Crippen molar-refractivity contribution < 1.29 is 4.79 Å². The van der Waals surface area contributed by atoms with Crippen molar-refractivity contribution in [3.05, 3.63) is 75.7 Å². The van der Waals surface area contributed by atoms with Crippen LogP contribution < -0.4 is 10.9 Å². The van der Waals surface area contributed by atoms with Gasteiger partial charge < -0.3 is 5.32 Å². The summed E-state index contributed by atoms with van der Waals surface area (Å²) in [7, 11) is 0. The Hall–Kier alpha value is -2.60. The van der Waals surface area contributed by atoms with Crippen LogP contribution in [0.25, 0.3) is 10.8 Å². The van der Waals surface area contributed by atoms with Crippen molar-refractivity contribution in [1.82, 2.24) is 15.5 Å². The van der Waals surface area contributed by atoms with Crippen molar-refractivity contribution in [2.24, 2.45) is 0 Å². The van der Waals surface area contributed by atoms with Gasteiger partial charge in [-0.15, -0.1) is 0 Å². The minimum Gasteiger partial charge on any atom is -0.355 e. The van der Waals surface area contributed by atoms with E-state index in [9.17, 15) is 9.59 Å². The summed E-state index contributed by atoms with van der Waals surface area (Å²) in [5.41, 5.74) is 2.90. The molecule has 0 aliphatic rings. The summed E-state index contributed by atoms with van der Waals surface area (Å²) in [6.07, 6.45) is 0.153. The Balaban J connectivity index is 1.47. The lowest BCUT2D eigenvalue weighted by molar-refractivity contribution is -0.120. The molecule has 2 N–H and O–H groups in total. The minimum atomic E-state index is -0.239. The number of H-pyrrole nitrogens is 1. The van der Waals surface area contributed by atoms with Gasteiger partial charge in [0.1, 0.15) is 0 Å². The van der Waals surface area contributed by atoms with Crippen LogP contribution in [0.2, 0.25) is 0 Å². The molecular weight excluding hydrogens is 346 g/mol. The highest BCUT2D eigenvalue weighted by atomic mass is 32.2. The van der Waals surface area contributed by atoms with E-state index in [2.05, 4.69) is 46.7 Å². The molecule has 6 heteroatoms. The molecule has 0 fully saturated rings. The number of rotatable bonds is 7. The topological polar surface area (TPSA) is 74.8 Å². The van der Waals surface area contributed by atoms with E-state index in [0.717, 1.165) is 16.9 Å². The number of nitrogens with one attached hydrogen (secondary N) is 2. The zero-order chi connectivity index (χ0) is 18.4. The first kappa shape index (κ1) is 18.2. The molecule has 5 nitrogen and oxygen atoms in total. The van der Waals surface area contributed by atoms with Gasteiger partial charge in [0.2, 0.25) is 5.91 Å². The Kier molecular flexibility index (Phi) is 6.07. The van der Waals surface area contributed by atoms with Crippen LogP contribution >= 0.6 is 11.8 Å². The van der Waals surface area contributed by atoms with Crippen molar-refractivity contribution >= 4 is 28.4 Å². The number of aromatic nitrogens is 2. The molecule has 0 bridgehead atoms. The van der Waals surface area contributed by atoms with Crippen molar-refractivity contribution in [3.63, 3.8) is 0 Å². The van der Waals surface area contributed by atoms with E-state index >= 15 is 0 Å². The van der Waals surface area contributed by atoms with Gasteiger partial charge in [0, 0.05) is 23.4 Å². The van der Waals surface area contributed by atoms with Gasteiger partial charge in [-0.3, -0.25) is 9.59 Å². The fourth-order valence-corrected chi connectivity index (χ4v) is 3.48. The SMILES string of the molecule is Cc1ccc(CSCCNC(=O)Cc2n[nH]c(=O)c3ccccc23)cc1. The van der Waals surface area contributed by atoms with Gasteiger partial charge in [0.05, 0.1) is 17.5 Å². The number of carbonyl (C=O) groups is 1. The molecule has 0 radical (unpaired) electrons. The van der Waals surface area contributed by atoms with Gasteiger partial charge in [0.25, 0.3) is 5.56 Å². The highest BCUT2D eigenvalue weighted by Crippen LogP contribution is 2.13. The molecule has 3 aromatic rings. The smallest absolute Gasteiger partial charge is 0.272 e. The van der Waals surface area contributed by atoms with Crippen molar-refractivity contribution in [2.75, 3.05) is 12.3 Å². The summed E-state index contributed by atoms with van der Waals surface area (Å²) in [5.74, 6) is 1.69. The number of carbonyl (C=O) groups excluding carboxylic acids is 1. The number of aromatic amines is 1. The van der Waals surface area contributed by atoms with Gasteiger partial charge in [0.15, 0.2) is 0 Å². The normalized spacial score (nSPS) is 10.8. The van der Waals surface area contributed by atoms with Gasteiger partial charge in [-0.05, 0) is 18.6 Å². The van der Waals surface area contributed by atoms with Crippen LogP contribution in [0.5, 0.6) is 0 Å². The number of fused-ring (bicyclic) bond motifs is 1. The molecule has 0 atom stereocenters. The second-order valence-electron chi connectivity index (χ2n) is 6.11. The fraction of sp³-hybridized carbons (Fsp3) is 0.250. The van der Waals surface area contributed by atoms with E-state index < -0.39 is 0 Å². The van der Waals surface area contributed by atoms with E-state index in [1.54, 1.807) is 23.9 Å². The average Bonchev–Trinajstić information content (AvgIpc) is 2.65. The number of benzene rings is 2. The lowest BCUT2D eigenvalue weighted by Crippen LogP contribution is -2.28. The van der Waals surface area contributed by atoms with E-state index in [1.165, 1.54) is 11.1 Å². The molecule has 0 unspecified atom stereocenters. The monoisotopic (exact) mass is 367 g/mol. The average molecular weight is 367 g/mol. The van der Waals surface area contributed by atoms with Gasteiger partial charge in [-0.1, -0.05) is 48.0 Å². The number of thioether (sulfide) groups is 1. The Bertz CT molecular complexity index is 951. The Morgan fingerprint density at radius 3 is 2.62 bits per heavy atom. The summed E-state index contributed by atoms with van der Waals surface area (Å²) >= 11 is 1.79. The molecule has 0 aliphatic heterocycles. The highest BCUT2D eigenvalue weighted by molar-refractivity contribution is 7.98. The molecule has 1 amide bonds. The number of aryl methyl sites for hydroxylation is 1. The summed E-state index contributed by atoms with van der Waals surface area (Å²) in [5, 5.41) is 10.7. The summed E-state index contributed by atoms with van der Waals surface area (Å²) in [6.45, 7) is 2.68. The Labute approximate surface area is 156 Å². The van der Waals surface area contributed by atoms with Crippen LogP contribution in [0.3, 0.4) is 0 Å². The number of hydrogen-bond donors (Lipinski definition) is 2. The van der Waals surface area contributed by atoms with Gasteiger partial charge in [-0.25, -0.2) is 5.10 Å². The zero-order valence-corrected chi connectivity index (χ0v) is 15.4. The molecule has 3 rings (SSSR count). The second-order valence-corrected chi connectivity index (χ2v) is 7.22. The predicted molar refractivity (Wildman–Crippen MR) is 106 cm³/mol. The van der Waals surface area contributed by atoms with E-state index in [-0.39, 0.29) is 17.9 Å². The molecular formula is C20H21N3O2S. The number of hydrogen-bond acceptors (Lipinski definition) is 4. The van der Waals surface area contributed by atoms with Crippen LogP contribution in [0.15, 0.2) is 53.3 Å². The van der Waals surface area contributed by atoms with E-state index in [0.29, 0.717) is 17.6 Å². The molecule has 26 heavy (non-hydrogen) atoms. The summed E-state index contributed by atoms with van der Waals surface area (Å²) in [4.78, 5) is 23.9. The van der Waals surface area contributed by atoms with Crippen LogP contribution in [0.4, 0.5) is 0 Å². The highest BCUT2D eigenvalue weighted by Gasteiger charge is 2.10. The van der Waals surface area contributed by atoms with Crippen LogP contribution in [0, 0.1) is 6.92 Å².